The third kappa shape index (κ3) is 2.56. The third-order valence-corrected chi connectivity index (χ3v) is 2.49. The van der Waals surface area contributed by atoms with Crippen molar-refractivity contribution >= 4 is 0 Å². The molecule has 1 aliphatic heterocycles. The Morgan fingerprint density at radius 3 is 2.40 bits per heavy atom. The van der Waals surface area contributed by atoms with Gasteiger partial charge in [-0.15, -0.1) is 10.2 Å². The van der Waals surface area contributed by atoms with E-state index in [1.165, 1.54) is 0 Å². The summed E-state index contributed by atoms with van der Waals surface area (Å²) in [5.74, 6) is 2.71. The molecule has 0 amide bonds. The molecule has 0 spiro atoms. The molecule has 0 atom stereocenters. The highest BCUT2D eigenvalue weighted by molar-refractivity contribution is 5.02. The van der Waals surface area contributed by atoms with Crippen LogP contribution in [0, 0.1) is 0 Å². The van der Waals surface area contributed by atoms with Crippen molar-refractivity contribution < 1.29 is 0 Å². The lowest BCUT2D eigenvalue weighted by atomic mass is 10.2. The van der Waals surface area contributed by atoms with Crippen LogP contribution in [0.15, 0.2) is 0 Å². The van der Waals surface area contributed by atoms with Gasteiger partial charge in [0.05, 0.1) is 6.54 Å². The number of hydrogen-bond donors (Lipinski definition) is 0. The molecule has 2 heterocycles. The van der Waals surface area contributed by atoms with Crippen molar-refractivity contribution in [3.05, 3.63) is 11.6 Å². The van der Waals surface area contributed by atoms with E-state index in [9.17, 15) is 0 Å². The van der Waals surface area contributed by atoms with Gasteiger partial charge in [0.1, 0.15) is 11.6 Å². The van der Waals surface area contributed by atoms with Crippen LogP contribution in [0.4, 0.5) is 0 Å². The number of hydrogen-bond acceptors (Lipinski definition) is 3. The lowest BCUT2D eigenvalue weighted by Crippen LogP contribution is -2.31. The standard InChI is InChI=1S/C9H16N4.C2H6/c1-7(2)9-11-10-8-6-12(3)4-5-13(8)9;1-2/h7H,4-6H2,1-3H3;1-2H3. The lowest BCUT2D eigenvalue weighted by Gasteiger charge is -2.24. The normalized spacial score (nSPS) is 15.9. The minimum Gasteiger partial charge on any atom is -0.312 e. The van der Waals surface area contributed by atoms with Crippen molar-refractivity contribution in [2.24, 2.45) is 0 Å². The second-order valence-corrected chi connectivity index (χ2v) is 4.02. The van der Waals surface area contributed by atoms with Gasteiger partial charge in [-0.2, -0.15) is 0 Å². The highest BCUT2D eigenvalue weighted by Gasteiger charge is 2.19. The maximum absolute atomic E-state index is 4.22. The van der Waals surface area contributed by atoms with Gasteiger partial charge in [-0.25, -0.2) is 0 Å². The highest BCUT2D eigenvalue weighted by atomic mass is 15.3. The molecule has 0 unspecified atom stereocenters. The van der Waals surface area contributed by atoms with Crippen LogP contribution in [0.1, 0.15) is 45.3 Å². The Balaban J connectivity index is 0.000000531. The van der Waals surface area contributed by atoms with Gasteiger partial charge in [0.15, 0.2) is 0 Å². The van der Waals surface area contributed by atoms with Crippen LogP contribution in [0.2, 0.25) is 0 Å². The van der Waals surface area contributed by atoms with Gasteiger partial charge in [-0.3, -0.25) is 4.90 Å². The van der Waals surface area contributed by atoms with Gasteiger partial charge >= 0.3 is 0 Å². The quantitative estimate of drug-likeness (QED) is 0.709. The van der Waals surface area contributed by atoms with Crippen LogP contribution >= 0.6 is 0 Å². The highest BCUT2D eigenvalue weighted by Crippen LogP contribution is 2.16. The molecule has 0 fully saturated rings. The van der Waals surface area contributed by atoms with Gasteiger partial charge in [0.2, 0.25) is 0 Å². The second kappa shape index (κ2) is 5.26. The predicted molar refractivity (Wildman–Crippen MR) is 61.8 cm³/mol. The summed E-state index contributed by atoms with van der Waals surface area (Å²) in [5, 5.41) is 8.42. The molecule has 1 aromatic heterocycles. The van der Waals surface area contributed by atoms with E-state index in [-0.39, 0.29) is 0 Å². The fourth-order valence-electron chi connectivity index (χ4n) is 1.73. The van der Waals surface area contributed by atoms with E-state index in [4.69, 9.17) is 0 Å². The molecular formula is C11H22N4. The Morgan fingerprint density at radius 2 is 1.80 bits per heavy atom. The Kier molecular flexibility index (Phi) is 4.27. The van der Waals surface area contributed by atoms with Crippen molar-refractivity contribution in [2.45, 2.75) is 46.7 Å². The van der Waals surface area contributed by atoms with Crippen LogP contribution in [-0.2, 0) is 13.1 Å². The average Bonchev–Trinajstić information content (AvgIpc) is 2.63. The summed E-state index contributed by atoms with van der Waals surface area (Å²) >= 11 is 0. The lowest BCUT2D eigenvalue weighted by molar-refractivity contribution is 0.261. The van der Waals surface area contributed by atoms with E-state index in [0.29, 0.717) is 5.92 Å². The van der Waals surface area contributed by atoms with Gasteiger partial charge in [0, 0.05) is 19.0 Å². The number of likely N-dealkylation sites (N-methyl/N-ethyl adjacent to an activating group) is 1. The SMILES string of the molecule is CC.CC(C)c1nnc2n1CCN(C)C2. The number of fused-ring (bicyclic) bond motifs is 1. The zero-order chi connectivity index (χ0) is 11.4. The Hall–Kier alpha value is -0.900. The van der Waals surface area contributed by atoms with E-state index >= 15 is 0 Å². The van der Waals surface area contributed by atoms with E-state index in [2.05, 4.69) is 40.6 Å². The largest absolute Gasteiger partial charge is 0.312 e. The zero-order valence-corrected chi connectivity index (χ0v) is 10.5. The van der Waals surface area contributed by atoms with Crippen molar-refractivity contribution in [3.8, 4) is 0 Å². The van der Waals surface area contributed by atoms with Gasteiger partial charge in [-0.05, 0) is 7.05 Å². The summed E-state index contributed by atoms with van der Waals surface area (Å²) in [5.41, 5.74) is 0. The molecular weight excluding hydrogens is 188 g/mol. The van der Waals surface area contributed by atoms with Crippen molar-refractivity contribution in [2.75, 3.05) is 13.6 Å². The molecule has 1 aromatic rings. The molecule has 0 bridgehead atoms. The fourth-order valence-corrected chi connectivity index (χ4v) is 1.73. The van der Waals surface area contributed by atoms with Gasteiger partial charge < -0.3 is 4.57 Å². The first-order valence-electron chi connectivity index (χ1n) is 5.79. The van der Waals surface area contributed by atoms with Crippen LogP contribution in [-0.4, -0.2) is 33.3 Å². The average molecular weight is 210 g/mol. The van der Waals surface area contributed by atoms with Crippen LogP contribution in [0.3, 0.4) is 0 Å². The minimum absolute atomic E-state index is 0.477. The van der Waals surface area contributed by atoms with Crippen molar-refractivity contribution in [1.29, 1.82) is 0 Å². The summed E-state index contributed by atoms with van der Waals surface area (Å²) in [7, 11) is 2.12. The molecule has 0 aromatic carbocycles. The third-order valence-electron chi connectivity index (χ3n) is 2.49. The van der Waals surface area contributed by atoms with E-state index in [1.54, 1.807) is 0 Å². The second-order valence-electron chi connectivity index (χ2n) is 4.02. The summed E-state index contributed by atoms with van der Waals surface area (Å²) < 4.78 is 2.25. The van der Waals surface area contributed by atoms with Crippen molar-refractivity contribution in [3.63, 3.8) is 0 Å². The molecule has 4 nitrogen and oxygen atoms in total. The molecule has 0 saturated heterocycles. The molecule has 1 aliphatic rings. The predicted octanol–water partition coefficient (Wildman–Crippen LogP) is 1.87. The summed E-state index contributed by atoms with van der Waals surface area (Å²) in [6.45, 7) is 11.4. The first kappa shape index (κ1) is 12.2. The Bertz CT molecular complexity index is 304. The number of rotatable bonds is 1. The molecule has 2 rings (SSSR count). The maximum atomic E-state index is 4.22. The van der Waals surface area contributed by atoms with Crippen molar-refractivity contribution in [1.82, 2.24) is 19.7 Å². The summed E-state index contributed by atoms with van der Waals surface area (Å²) in [6.07, 6.45) is 0. The Labute approximate surface area is 92.3 Å². The fraction of sp³-hybridized carbons (Fsp3) is 0.818. The number of aromatic nitrogens is 3. The maximum Gasteiger partial charge on any atom is 0.147 e. The monoisotopic (exact) mass is 210 g/mol. The molecule has 0 radical (unpaired) electrons. The van der Waals surface area contributed by atoms with Gasteiger partial charge in [0.25, 0.3) is 0 Å². The first-order valence-corrected chi connectivity index (χ1v) is 5.79. The van der Waals surface area contributed by atoms with E-state index < -0.39 is 0 Å². The molecule has 0 N–H and O–H groups in total. The smallest absolute Gasteiger partial charge is 0.147 e. The summed E-state index contributed by atoms with van der Waals surface area (Å²) in [4.78, 5) is 2.27. The Morgan fingerprint density at radius 1 is 1.13 bits per heavy atom. The van der Waals surface area contributed by atoms with Crippen LogP contribution in [0.5, 0.6) is 0 Å². The number of nitrogens with zero attached hydrogens (tertiary/aromatic N) is 4. The molecule has 86 valence electrons. The van der Waals surface area contributed by atoms with Crippen LogP contribution < -0.4 is 0 Å². The molecule has 15 heavy (non-hydrogen) atoms. The molecule has 0 aliphatic carbocycles. The van der Waals surface area contributed by atoms with E-state index in [0.717, 1.165) is 31.3 Å². The topological polar surface area (TPSA) is 34.0 Å². The first-order chi connectivity index (χ1) is 7.18. The molecule has 4 heteroatoms. The van der Waals surface area contributed by atoms with Gasteiger partial charge in [-0.1, -0.05) is 27.7 Å². The minimum atomic E-state index is 0.477. The summed E-state index contributed by atoms with van der Waals surface area (Å²) in [6, 6.07) is 0. The zero-order valence-electron chi connectivity index (χ0n) is 10.5. The van der Waals surface area contributed by atoms with Crippen LogP contribution in [0.25, 0.3) is 0 Å². The van der Waals surface area contributed by atoms with E-state index in [1.807, 2.05) is 13.8 Å². The molecule has 0 saturated carbocycles.